The summed E-state index contributed by atoms with van der Waals surface area (Å²) in [6.45, 7) is 7.36. The van der Waals surface area contributed by atoms with Crippen LogP contribution in [0.5, 0.6) is 5.75 Å². The van der Waals surface area contributed by atoms with Gasteiger partial charge in [-0.05, 0) is 51.5 Å². The minimum Gasteiger partial charge on any atom is -0.505 e. The fourth-order valence-corrected chi connectivity index (χ4v) is 3.33. The summed E-state index contributed by atoms with van der Waals surface area (Å²) in [4.78, 5) is 25.5. The molecule has 2 N–H and O–H groups in total. The minimum atomic E-state index is -0.818. The minimum absolute atomic E-state index is 0.0267. The van der Waals surface area contributed by atoms with Gasteiger partial charge in [-0.2, -0.15) is 0 Å². The van der Waals surface area contributed by atoms with Crippen LogP contribution >= 0.6 is 0 Å². The van der Waals surface area contributed by atoms with Gasteiger partial charge in [0.05, 0.1) is 11.9 Å². The predicted molar refractivity (Wildman–Crippen MR) is 106 cm³/mol. The summed E-state index contributed by atoms with van der Waals surface area (Å²) >= 11 is 0. The molecule has 146 valence electrons. The average Bonchev–Trinajstić information content (AvgIpc) is 2.86. The van der Waals surface area contributed by atoms with Crippen LogP contribution in [0.2, 0.25) is 0 Å². The van der Waals surface area contributed by atoms with Crippen molar-refractivity contribution in [3.63, 3.8) is 0 Å². The van der Waals surface area contributed by atoms with E-state index in [4.69, 9.17) is 0 Å². The van der Waals surface area contributed by atoms with Crippen molar-refractivity contribution in [1.29, 1.82) is 0 Å². The first-order chi connectivity index (χ1) is 13.2. The Morgan fingerprint density at radius 2 is 1.79 bits per heavy atom. The lowest BCUT2D eigenvalue weighted by atomic mass is 10.1. The van der Waals surface area contributed by atoms with Crippen LogP contribution < -0.4 is 5.32 Å². The van der Waals surface area contributed by atoms with E-state index in [1.54, 1.807) is 19.1 Å². The van der Waals surface area contributed by atoms with E-state index in [1.165, 1.54) is 10.6 Å². The molecule has 1 heterocycles. The van der Waals surface area contributed by atoms with Gasteiger partial charge in [-0.3, -0.25) is 14.2 Å². The molecule has 6 heteroatoms. The number of carbonyl (C=O) groups is 2. The van der Waals surface area contributed by atoms with E-state index in [1.807, 2.05) is 32.9 Å². The summed E-state index contributed by atoms with van der Waals surface area (Å²) in [5.74, 6) is -1.86. The van der Waals surface area contributed by atoms with Crippen molar-refractivity contribution in [1.82, 2.24) is 9.88 Å². The van der Waals surface area contributed by atoms with Gasteiger partial charge in [0.25, 0.3) is 5.91 Å². The lowest BCUT2D eigenvalue weighted by Gasteiger charge is -2.09. The van der Waals surface area contributed by atoms with Gasteiger partial charge in [0.15, 0.2) is 11.6 Å². The summed E-state index contributed by atoms with van der Waals surface area (Å²) in [7, 11) is 0. The van der Waals surface area contributed by atoms with E-state index >= 15 is 0 Å². The van der Waals surface area contributed by atoms with Crippen LogP contribution in [0.25, 0.3) is 10.9 Å². The summed E-state index contributed by atoms with van der Waals surface area (Å²) in [5.41, 5.74) is 2.93. The van der Waals surface area contributed by atoms with Crippen molar-refractivity contribution in [2.24, 2.45) is 0 Å². The Balaban J connectivity index is 2.18. The second-order valence-corrected chi connectivity index (χ2v) is 7.29. The van der Waals surface area contributed by atoms with E-state index < -0.39 is 11.6 Å². The Labute approximate surface area is 162 Å². The number of hydrogen-bond acceptors (Lipinski definition) is 3. The summed E-state index contributed by atoms with van der Waals surface area (Å²) in [6.07, 6.45) is 0.0275. The van der Waals surface area contributed by atoms with Gasteiger partial charge in [-0.15, -0.1) is 0 Å². The first-order valence-electron chi connectivity index (χ1n) is 9.12. The molecule has 0 saturated carbocycles. The van der Waals surface area contributed by atoms with Crippen molar-refractivity contribution in [3.8, 4) is 5.75 Å². The van der Waals surface area contributed by atoms with Gasteiger partial charge in [-0.25, -0.2) is 4.39 Å². The number of hydrogen-bond donors (Lipinski definition) is 2. The smallest absolute Gasteiger partial charge is 0.262 e. The molecular formula is C22H23FN2O3. The number of fused-ring (bicyclic) bond motifs is 1. The third-order valence-corrected chi connectivity index (χ3v) is 4.69. The van der Waals surface area contributed by atoms with Crippen LogP contribution in [0.1, 0.15) is 41.0 Å². The Morgan fingerprint density at radius 1 is 1.14 bits per heavy atom. The number of aromatic nitrogens is 1. The van der Waals surface area contributed by atoms with Gasteiger partial charge >= 0.3 is 0 Å². The first kappa shape index (κ1) is 19.6. The highest BCUT2D eigenvalue weighted by Crippen LogP contribution is 2.32. The second-order valence-electron chi connectivity index (χ2n) is 7.29. The topological polar surface area (TPSA) is 71.3 Å². The zero-order valence-corrected chi connectivity index (χ0v) is 16.3. The number of nitrogens with one attached hydrogen (secondary N) is 1. The number of aryl methyl sites for hydroxylation is 1. The molecule has 0 unspecified atom stereocenters. The SMILES string of the molecule is Cc1ccc(C(=O)n2c(C)c(CC(=O)NC(C)C)c3cc(O)c(F)cc32)cc1. The van der Waals surface area contributed by atoms with Crippen molar-refractivity contribution in [2.45, 2.75) is 40.2 Å². The number of rotatable bonds is 4. The Kier molecular flexibility index (Phi) is 5.23. The molecule has 2 aromatic carbocycles. The van der Waals surface area contributed by atoms with E-state index in [-0.39, 0.29) is 24.3 Å². The van der Waals surface area contributed by atoms with Gasteiger partial charge < -0.3 is 10.4 Å². The average molecular weight is 382 g/mol. The number of carbonyl (C=O) groups excluding carboxylic acids is 2. The number of amides is 1. The summed E-state index contributed by atoms with van der Waals surface area (Å²) in [5, 5.41) is 13.1. The maximum atomic E-state index is 14.1. The van der Waals surface area contributed by atoms with Crippen LogP contribution in [0.15, 0.2) is 36.4 Å². The fraction of sp³-hybridized carbons (Fsp3) is 0.273. The normalized spacial score (nSPS) is 11.2. The standard InChI is InChI=1S/C22H23FN2O3/c1-12(2)24-21(27)10-16-14(4)25(19-11-18(23)20(26)9-17(16)19)22(28)15-7-5-13(3)6-8-15/h5-9,11-12,26H,10H2,1-4H3,(H,24,27). The van der Waals surface area contributed by atoms with Gasteiger partial charge in [0, 0.05) is 28.8 Å². The number of benzene rings is 2. The van der Waals surface area contributed by atoms with Crippen molar-refractivity contribution < 1.29 is 19.1 Å². The molecule has 5 nitrogen and oxygen atoms in total. The number of nitrogens with zero attached hydrogens (tertiary/aromatic N) is 1. The molecule has 0 bridgehead atoms. The molecule has 0 saturated heterocycles. The number of phenols is 1. The van der Waals surface area contributed by atoms with Crippen molar-refractivity contribution in [2.75, 3.05) is 0 Å². The Hall–Kier alpha value is -3.15. The van der Waals surface area contributed by atoms with E-state index in [9.17, 15) is 19.1 Å². The molecule has 0 aliphatic heterocycles. The molecule has 0 radical (unpaired) electrons. The number of aromatic hydroxyl groups is 1. The van der Waals surface area contributed by atoms with Crippen LogP contribution in [0, 0.1) is 19.7 Å². The number of phenolic OH excluding ortho intramolecular Hbond substituents is 1. The summed E-state index contributed by atoms with van der Waals surface area (Å²) in [6, 6.07) is 9.47. The lowest BCUT2D eigenvalue weighted by molar-refractivity contribution is -0.120. The third-order valence-electron chi connectivity index (χ3n) is 4.69. The van der Waals surface area contributed by atoms with Crippen LogP contribution in [0.4, 0.5) is 4.39 Å². The predicted octanol–water partition coefficient (Wildman–Crippen LogP) is 3.86. The quantitative estimate of drug-likeness (QED) is 0.720. The second kappa shape index (κ2) is 7.46. The van der Waals surface area contributed by atoms with Gasteiger partial charge in [-0.1, -0.05) is 17.7 Å². The van der Waals surface area contributed by atoms with Crippen LogP contribution in [0.3, 0.4) is 0 Å². The number of halogens is 1. The molecule has 0 atom stereocenters. The largest absolute Gasteiger partial charge is 0.505 e. The molecule has 28 heavy (non-hydrogen) atoms. The molecule has 1 aromatic heterocycles. The van der Waals surface area contributed by atoms with Gasteiger partial charge in [0.1, 0.15) is 0 Å². The maximum Gasteiger partial charge on any atom is 0.262 e. The monoisotopic (exact) mass is 382 g/mol. The Bertz CT molecular complexity index is 1070. The molecule has 1 amide bonds. The molecule has 3 rings (SSSR count). The van der Waals surface area contributed by atoms with Crippen LogP contribution in [-0.2, 0) is 11.2 Å². The van der Waals surface area contributed by atoms with E-state index in [0.717, 1.165) is 11.6 Å². The molecular weight excluding hydrogens is 359 g/mol. The summed E-state index contributed by atoms with van der Waals surface area (Å²) < 4.78 is 15.5. The molecule has 3 aromatic rings. The Morgan fingerprint density at radius 3 is 2.39 bits per heavy atom. The molecule has 0 fully saturated rings. The molecule has 0 aliphatic carbocycles. The van der Waals surface area contributed by atoms with Crippen LogP contribution in [-0.4, -0.2) is 27.5 Å². The highest BCUT2D eigenvalue weighted by atomic mass is 19.1. The fourth-order valence-electron chi connectivity index (χ4n) is 3.33. The highest BCUT2D eigenvalue weighted by molar-refractivity contribution is 6.05. The molecule has 0 spiro atoms. The van der Waals surface area contributed by atoms with Crippen molar-refractivity contribution >= 4 is 22.7 Å². The third kappa shape index (κ3) is 3.63. The van der Waals surface area contributed by atoms with Gasteiger partial charge in [0.2, 0.25) is 5.91 Å². The zero-order valence-electron chi connectivity index (χ0n) is 16.3. The molecule has 0 aliphatic rings. The van der Waals surface area contributed by atoms with E-state index in [0.29, 0.717) is 27.7 Å². The lowest BCUT2D eigenvalue weighted by Crippen LogP contribution is -2.31. The van der Waals surface area contributed by atoms with Crippen molar-refractivity contribution in [3.05, 3.63) is 64.6 Å². The first-order valence-corrected chi connectivity index (χ1v) is 9.12. The highest BCUT2D eigenvalue weighted by Gasteiger charge is 2.23. The maximum absolute atomic E-state index is 14.1. The van der Waals surface area contributed by atoms with E-state index in [2.05, 4.69) is 5.32 Å². The zero-order chi connectivity index (χ0) is 20.6.